The minimum atomic E-state index is -4.43. The van der Waals surface area contributed by atoms with E-state index in [1.54, 1.807) is 0 Å². The summed E-state index contributed by atoms with van der Waals surface area (Å²) < 4.78 is 44.0. The fourth-order valence-corrected chi connectivity index (χ4v) is 2.31. The average molecular weight is 375 g/mol. The first-order valence-corrected chi connectivity index (χ1v) is 8.08. The maximum Gasteiger partial charge on any atom is 0.416 e. The summed E-state index contributed by atoms with van der Waals surface area (Å²) in [4.78, 5) is 4.22. The molecule has 0 radical (unpaired) electrons. The lowest BCUT2D eigenvalue weighted by Crippen LogP contribution is -2.06. The molecule has 140 valence electrons. The van der Waals surface area contributed by atoms with Gasteiger partial charge in [-0.3, -0.25) is 0 Å². The highest BCUT2D eigenvalue weighted by atomic mass is 19.4. The molecule has 0 unspecified atom stereocenters. The Hall–Kier alpha value is -3.36. The van der Waals surface area contributed by atoms with Crippen LogP contribution in [-0.2, 0) is 6.18 Å². The van der Waals surface area contributed by atoms with Crippen molar-refractivity contribution in [3.8, 4) is 5.75 Å². The van der Waals surface area contributed by atoms with Crippen LogP contribution in [0.4, 0.5) is 36.3 Å². The van der Waals surface area contributed by atoms with Crippen LogP contribution >= 0.6 is 0 Å². The molecule has 1 aromatic heterocycles. The largest absolute Gasteiger partial charge is 0.492 e. The molecule has 0 bridgehead atoms. The van der Waals surface area contributed by atoms with Crippen molar-refractivity contribution in [1.82, 2.24) is 15.2 Å². The minimum absolute atomic E-state index is 0.0632. The number of para-hydroxylation sites is 2. The Morgan fingerprint density at radius 3 is 2.63 bits per heavy atom. The third kappa shape index (κ3) is 4.84. The Labute approximate surface area is 153 Å². The average Bonchev–Trinajstić information content (AvgIpc) is 2.63. The van der Waals surface area contributed by atoms with E-state index in [1.807, 2.05) is 31.2 Å². The fraction of sp³-hybridized carbons (Fsp3) is 0.167. The van der Waals surface area contributed by atoms with Crippen molar-refractivity contribution < 1.29 is 17.9 Å². The predicted octanol–water partition coefficient (Wildman–Crippen LogP) is 4.78. The number of aromatic nitrogens is 3. The number of nitrogens with zero attached hydrogens (tertiary/aromatic N) is 3. The van der Waals surface area contributed by atoms with Gasteiger partial charge >= 0.3 is 6.18 Å². The smallest absolute Gasteiger partial charge is 0.416 e. The molecule has 1 heterocycles. The van der Waals surface area contributed by atoms with Gasteiger partial charge in [0.05, 0.1) is 24.1 Å². The lowest BCUT2D eigenvalue weighted by Gasteiger charge is -2.12. The highest BCUT2D eigenvalue weighted by molar-refractivity contribution is 5.64. The number of anilines is 4. The molecular formula is C18H16F3N5O. The summed E-state index contributed by atoms with van der Waals surface area (Å²) in [6, 6.07) is 12.1. The number of alkyl halides is 3. The second-order valence-corrected chi connectivity index (χ2v) is 5.42. The molecule has 0 atom stereocenters. The summed E-state index contributed by atoms with van der Waals surface area (Å²) in [5.74, 6) is 1.07. The Balaban J connectivity index is 1.79. The zero-order valence-corrected chi connectivity index (χ0v) is 14.3. The SMILES string of the molecule is CCOc1ccccc1Nc1cnnc(Nc2cccc(C(F)(F)F)c2)n1. The maximum absolute atomic E-state index is 12.8. The van der Waals surface area contributed by atoms with Crippen LogP contribution in [0.25, 0.3) is 0 Å². The Bertz CT molecular complexity index is 917. The number of rotatable bonds is 6. The summed E-state index contributed by atoms with van der Waals surface area (Å²) in [6.07, 6.45) is -3.02. The molecule has 0 amide bonds. The van der Waals surface area contributed by atoms with E-state index in [1.165, 1.54) is 18.3 Å². The van der Waals surface area contributed by atoms with E-state index >= 15 is 0 Å². The van der Waals surface area contributed by atoms with Crippen LogP contribution in [0.15, 0.2) is 54.7 Å². The van der Waals surface area contributed by atoms with E-state index in [-0.39, 0.29) is 11.6 Å². The topological polar surface area (TPSA) is 72.0 Å². The van der Waals surface area contributed by atoms with Crippen molar-refractivity contribution >= 4 is 23.1 Å². The van der Waals surface area contributed by atoms with E-state index in [2.05, 4.69) is 25.8 Å². The molecule has 27 heavy (non-hydrogen) atoms. The summed E-state index contributed by atoms with van der Waals surface area (Å²) >= 11 is 0. The van der Waals surface area contributed by atoms with E-state index in [0.29, 0.717) is 23.9 Å². The molecule has 0 fully saturated rings. The Kier molecular flexibility index (Phi) is 5.39. The van der Waals surface area contributed by atoms with Gasteiger partial charge in [-0.05, 0) is 37.3 Å². The van der Waals surface area contributed by atoms with Crippen LogP contribution in [0.2, 0.25) is 0 Å². The van der Waals surface area contributed by atoms with Gasteiger partial charge < -0.3 is 15.4 Å². The minimum Gasteiger partial charge on any atom is -0.492 e. The molecule has 0 aliphatic rings. The van der Waals surface area contributed by atoms with E-state index in [0.717, 1.165) is 12.1 Å². The van der Waals surface area contributed by atoms with E-state index in [9.17, 15) is 13.2 Å². The normalized spacial score (nSPS) is 11.1. The van der Waals surface area contributed by atoms with Gasteiger partial charge in [-0.1, -0.05) is 18.2 Å². The van der Waals surface area contributed by atoms with Crippen LogP contribution in [0.1, 0.15) is 12.5 Å². The fourth-order valence-electron chi connectivity index (χ4n) is 2.31. The first-order chi connectivity index (χ1) is 13.0. The molecular weight excluding hydrogens is 359 g/mol. The van der Waals surface area contributed by atoms with Gasteiger partial charge in [0, 0.05) is 5.69 Å². The van der Waals surface area contributed by atoms with E-state index in [4.69, 9.17) is 4.74 Å². The lowest BCUT2D eigenvalue weighted by molar-refractivity contribution is -0.137. The molecule has 6 nitrogen and oxygen atoms in total. The maximum atomic E-state index is 12.8. The molecule has 3 rings (SSSR count). The monoisotopic (exact) mass is 375 g/mol. The summed E-state index contributed by atoms with van der Waals surface area (Å²) in [6.45, 7) is 2.38. The van der Waals surface area contributed by atoms with Crippen LogP contribution in [0, 0.1) is 0 Å². The van der Waals surface area contributed by atoms with Crippen LogP contribution in [0.3, 0.4) is 0 Å². The van der Waals surface area contributed by atoms with Gasteiger partial charge in [-0.2, -0.15) is 23.3 Å². The van der Waals surface area contributed by atoms with Gasteiger partial charge in [0.15, 0.2) is 5.82 Å². The Morgan fingerprint density at radius 2 is 1.85 bits per heavy atom. The standard InChI is InChI=1S/C18H16F3N5O/c1-2-27-15-9-4-3-8-14(15)24-16-11-22-26-17(25-16)23-13-7-5-6-12(10-13)18(19,20)21/h3-11H,2H2,1H3,(H2,23,24,25,26). The van der Waals surface area contributed by atoms with Crippen molar-refractivity contribution in [3.05, 3.63) is 60.3 Å². The molecule has 0 aliphatic heterocycles. The van der Waals surface area contributed by atoms with Crippen LogP contribution in [-0.4, -0.2) is 21.8 Å². The predicted molar refractivity (Wildman–Crippen MR) is 95.4 cm³/mol. The highest BCUT2D eigenvalue weighted by Gasteiger charge is 2.30. The van der Waals surface area contributed by atoms with Gasteiger partial charge in [0.1, 0.15) is 5.75 Å². The first kappa shape index (κ1) is 18.4. The van der Waals surface area contributed by atoms with E-state index < -0.39 is 11.7 Å². The van der Waals surface area contributed by atoms with Gasteiger partial charge in [-0.25, -0.2) is 0 Å². The van der Waals surface area contributed by atoms with Crippen molar-refractivity contribution in [2.75, 3.05) is 17.2 Å². The van der Waals surface area contributed by atoms with Crippen molar-refractivity contribution in [2.45, 2.75) is 13.1 Å². The van der Waals surface area contributed by atoms with Crippen molar-refractivity contribution in [2.24, 2.45) is 0 Å². The molecule has 0 aliphatic carbocycles. The van der Waals surface area contributed by atoms with Crippen molar-refractivity contribution in [3.63, 3.8) is 0 Å². The third-order valence-electron chi connectivity index (χ3n) is 3.45. The molecule has 2 N–H and O–H groups in total. The zero-order valence-electron chi connectivity index (χ0n) is 14.3. The first-order valence-electron chi connectivity index (χ1n) is 8.08. The second kappa shape index (κ2) is 7.90. The van der Waals surface area contributed by atoms with Gasteiger partial charge in [0.25, 0.3) is 0 Å². The van der Waals surface area contributed by atoms with Crippen LogP contribution in [0.5, 0.6) is 5.75 Å². The molecule has 0 saturated heterocycles. The molecule has 3 aromatic rings. The van der Waals surface area contributed by atoms with Gasteiger partial charge in [0.2, 0.25) is 5.95 Å². The number of hydrogen-bond donors (Lipinski definition) is 2. The van der Waals surface area contributed by atoms with Crippen LogP contribution < -0.4 is 15.4 Å². The zero-order chi connectivity index (χ0) is 19.3. The number of ether oxygens (including phenoxy) is 1. The quantitative estimate of drug-likeness (QED) is 0.646. The molecule has 0 spiro atoms. The number of halogens is 3. The highest BCUT2D eigenvalue weighted by Crippen LogP contribution is 2.31. The third-order valence-corrected chi connectivity index (χ3v) is 3.45. The summed E-state index contributed by atoms with van der Waals surface area (Å²) in [5, 5.41) is 13.4. The summed E-state index contributed by atoms with van der Waals surface area (Å²) in [5.41, 5.74) is 0.128. The van der Waals surface area contributed by atoms with Crippen molar-refractivity contribution in [1.29, 1.82) is 0 Å². The van der Waals surface area contributed by atoms with Gasteiger partial charge in [-0.15, -0.1) is 5.10 Å². The molecule has 0 saturated carbocycles. The number of benzene rings is 2. The lowest BCUT2D eigenvalue weighted by atomic mass is 10.2. The summed E-state index contributed by atoms with van der Waals surface area (Å²) in [7, 11) is 0. The second-order valence-electron chi connectivity index (χ2n) is 5.42. The molecule has 2 aromatic carbocycles. The Morgan fingerprint density at radius 1 is 1.04 bits per heavy atom. The number of hydrogen-bond acceptors (Lipinski definition) is 6. The molecule has 9 heteroatoms. The number of nitrogens with one attached hydrogen (secondary N) is 2.